The number of nitrogens with two attached hydrogens (primary N) is 1. The van der Waals surface area contributed by atoms with Crippen molar-refractivity contribution >= 4 is 45.3 Å². The summed E-state index contributed by atoms with van der Waals surface area (Å²) in [7, 11) is 0. The molecule has 1 aromatic carbocycles. The quantitative estimate of drug-likeness (QED) is 0.365. The van der Waals surface area contributed by atoms with Gasteiger partial charge in [0.1, 0.15) is 11.5 Å². The fourth-order valence-electron chi connectivity index (χ4n) is 4.47. The molecular weight excluding hydrogens is 474 g/mol. The van der Waals surface area contributed by atoms with Gasteiger partial charge in [0, 0.05) is 48.1 Å². The minimum atomic E-state index is -0.298. The van der Waals surface area contributed by atoms with Crippen LogP contribution in [0.4, 0.5) is 5.82 Å². The third-order valence-corrected chi connectivity index (χ3v) is 6.39. The third kappa shape index (κ3) is 4.32. The standard InChI is InChI=1S/C27H22ClN7O/c1-15-7-24(30)34-16(2)21(15)12-33-27(36)22-14-35(26-25(22)18(10-29)5-6-31-26)13-17-3-4-23-19(8-17)9-20(28)11-32-23/h3-9,11,14H,12-13H2,1-2H3,(H2,30,34)(H,33,36). The van der Waals surface area contributed by atoms with Crippen LogP contribution in [0, 0.1) is 25.2 Å². The number of nitrogens with one attached hydrogen (secondary N) is 1. The number of nitrogen functional groups attached to an aromatic ring is 1. The summed E-state index contributed by atoms with van der Waals surface area (Å²) >= 11 is 6.12. The number of aryl methyl sites for hydroxylation is 2. The number of nitrogens with zero attached hydrogens (tertiary/aromatic N) is 5. The van der Waals surface area contributed by atoms with Gasteiger partial charge in [0.2, 0.25) is 0 Å². The van der Waals surface area contributed by atoms with Crippen molar-refractivity contribution in [2.45, 2.75) is 26.9 Å². The van der Waals surface area contributed by atoms with Gasteiger partial charge in [-0.15, -0.1) is 0 Å². The Morgan fingerprint density at radius 1 is 1.19 bits per heavy atom. The zero-order valence-corrected chi connectivity index (χ0v) is 20.5. The highest BCUT2D eigenvalue weighted by atomic mass is 35.5. The molecule has 0 saturated carbocycles. The molecule has 0 saturated heterocycles. The van der Waals surface area contributed by atoms with Gasteiger partial charge in [-0.25, -0.2) is 9.97 Å². The van der Waals surface area contributed by atoms with E-state index < -0.39 is 0 Å². The monoisotopic (exact) mass is 495 g/mol. The molecule has 0 bridgehead atoms. The molecule has 1 amide bonds. The minimum absolute atomic E-state index is 0.289. The number of nitriles is 1. The molecule has 8 nitrogen and oxygen atoms in total. The number of carbonyl (C=O) groups is 1. The van der Waals surface area contributed by atoms with Crippen molar-refractivity contribution in [2.24, 2.45) is 0 Å². The van der Waals surface area contributed by atoms with Gasteiger partial charge < -0.3 is 15.6 Å². The second-order valence-electron chi connectivity index (χ2n) is 8.63. The SMILES string of the molecule is Cc1cc(N)nc(C)c1CNC(=O)c1cn(Cc2ccc3ncc(Cl)cc3c2)c2nccc(C#N)c12. The molecule has 5 rings (SSSR count). The van der Waals surface area contributed by atoms with Crippen LogP contribution >= 0.6 is 11.6 Å². The van der Waals surface area contributed by atoms with E-state index in [2.05, 4.69) is 26.3 Å². The van der Waals surface area contributed by atoms with Crippen LogP contribution in [0.1, 0.15) is 38.3 Å². The number of carbonyl (C=O) groups excluding carboxylic acids is 1. The van der Waals surface area contributed by atoms with E-state index in [9.17, 15) is 10.1 Å². The summed E-state index contributed by atoms with van der Waals surface area (Å²) in [5.41, 5.74) is 11.6. The van der Waals surface area contributed by atoms with E-state index in [0.717, 1.165) is 33.3 Å². The van der Waals surface area contributed by atoms with Crippen molar-refractivity contribution in [3.63, 3.8) is 0 Å². The maximum Gasteiger partial charge on any atom is 0.253 e. The molecule has 0 atom stereocenters. The van der Waals surface area contributed by atoms with Gasteiger partial charge in [0.15, 0.2) is 0 Å². The molecule has 9 heteroatoms. The Bertz CT molecular complexity index is 1680. The molecular formula is C27H22ClN7O. The molecule has 0 unspecified atom stereocenters. The van der Waals surface area contributed by atoms with E-state index in [-0.39, 0.29) is 12.5 Å². The molecule has 4 aromatic heterocycles. The average Bonchev–Trinajstić information content (AvgIpc) is 3.21. The zero-order chi connectivity index (χ0) is 25.4. The van der Waals surface area contributed by atoms with Gasteiger partial charge in [0.05, 0.1) is 27.7 Å². The van der Waals surface area contributed by atoms with Gasteiger partial charge in [-0.3, -0.25) is 9.78 Å². The Morgan fingerprint density at radius 2 is 2.03 bits per heavy atom. The molecule has 0 aliphatic rings. The average molecular weight is 496 g/mol. The fourth-order valence-corrected chi connectivity index (χ4v) is 4.64. The van der Waals surface area contributed by atoms with Crippen molar-refractivity contribution in [3.05, 3.63) is 93.5 Å². The summed E-state index contributed by atoms with van der Waals surface area (Å²) in [5.74, 6) is 0.146. The van der Waals surface area contributed by atoms with Crippen molar-refractivity contribution < 1.29 is 4.79 Å². The van der Waals surface area contributed by atoms with Crippen molar-refractivity contribution in [1.82, 2.24) is 24.8 Å². The van der Waals surface area contributed by atoms with E-state index in [1.165, 1.54) is 0 Å². The van der Waals surface area contributed by atoms with Crippen LogP contribution in [0.25, 0.3) is 21.9 Å². The second kappa shape index (κ2) is 9.29. The summed E-state index contributed by atoms with van der Waals surface area (Å²) in [6.45, 7) is 4.54. The Hall–Kier alpha value is -4.48. The maximum atomic E-state index is 13.3. The number of aromatic nitrogens is 4. The minimum Gasteiger partial charge on any atom is -0.384 e. The van der Waals surface area contributed by atoms with Gasteiger partial charge in [-0.2, -0.15) is 5.26 Å². The number of hydrogen-bond acceptors (Lipinski definition) is 6. The van der Waals surface area contributed by atoms with E-state index in [1.54, 1.807) is 30.7 Å². The van der Waals surface area contributed by atoms with Crippen molar-refractivity contribution in [2.75, 3.05) is 5.73 Å². The Kier molecular flexibility index (Phi) is 6.00. The molecule has 178 valence electrons. The lowest BCUT2D eigenvalue weighted by atomic mass is 10.1. The van der Waals surface area contributed by atoms with E-state index in [1.807, 2.05) is 42.7 Å². The summed E-state index contributed by atoms with van der Waals surface area (Å²) in [6.07, 6.45) is 4.94. The van der Waals surface area contributed by atoms with Crippen LogP contribution in [0.2, 0.25) is 5.02 Å². The number of amides is 1. The molecule has 5 aromatic rings. The molecule has 0 aliphatic heterocycles. The zero-order valence-electron chi connectivity index (χ0n) is 19.7. The molecule has 0 aliphatic carbocycles. The lowest BCUT2D eigenvalue weighted by Gasteiger charge is -2.11. The van der Waals surface area contributed by atoms with Crippen LogP contribution in [-0.4, -0.2) is 25.4 Å². The Labute approximate surface area is 212 Å². The fraction of sp³-hybridized carbons (Fsp3) is 0.148. The van der Waals surface area contributed by atoms with E-state index in [4.69, 9.17) is 17.3 Å². The molecule has 36 heavy (non-hydrogen) atoms. The van der Waals surface area contributed by atoms with Gasteiger partial charge in [0.25, 0.3) is 5.91 Å². The smallest absolute Gasteiger partial charge is 0.253 e. The van der Waals surface area contributed by atoms with Gasteiger partial charge in [-0.05, 0) is 60.9 Å². The van der Waals surface area contributed by atoms with E-state index >= 15 is 0 Å². The number of benzene rings is 1. The van der Waals surface area contributed by atoms with Crippen LogP contribution in [0.15, 0.2) is 55.0 Å². The third-order valence-electron chi connectivity index (χ3n) is 6.19. The van der Waals surface area contributed by atoms with Crippen LogP contribution < -0.4 is 11.1 Å². The number of anilines is 1. The van der Waals surface area contributed by atoms with Crippen LogP contribution in [-0.2, 0) is 13.1 Å². The van der Waals surface area contributed by atoms with Crippen LogP contribution in [0.5, 0.6) is 0 Å². The first-order valence-corrected chi connectivity index (χ1v) is 11.6. The molecule has 0 spiro atoms. The second-order valence-corrected chi connectivity index (χ2v) is 9.07. The molecule has 0 radical (unpaired) electrons. The predicted octanol–water partition coefficient (Wildman–Crippen LogP) is 4.68. The lowest BCUT2D eigenvalue weighted by Crippen LogP contribution is -2.24. The Morgan fingerprint density at radius 3 is 2.81 bits per heavy atom. The highest BCUT2D eigenvalue weighted by molar-refractivity contribution is 6.31. The number of fused-ring (bicyclic) bond motifs is 2. The molecule has 4 heterocycles. The number of pyridine rings is 3. The highest BCUT2D eigenvalue weighted by Gasteiger charge is 2.20. The first kappa shape index (κ1) is 23.3. The number of halogens is 1. The van der Waals surface area contributed by atoms with Gasteiger partial charge >= 0.3 is 0 Å². The summed E-state index contributed by atoms with van der Waals surface area (Å²) in [5, 5.41) is 14.7. The lowest BCUT2D eigenvalue weighted by molar-refractivity contribution is 0.0952. The largest absolute Gasteiger partial charge is 0.384 e. The van der Waals surface area contributed by atoms with Crippen molar-refractivity contribution in [1.29, 1.82) is 5.26 Å². The van der Waals surface area contributed by atoms with Crippen LogP contribution in [0.3, 0.4) is 0 Å². The maximum absolute atomic E-state index is 13.3. The van der Waals surface area contributed by atoms with E-state index in [0.29, 0.717) is 39.5 Å². The first-order chi connectivity index (χ1) is 17.3. The van der Waals surface area contributed by atoms with Gasteiger partial charge in [-0.1, -0.05) is 17.7 Å². The summed E-state index contributed by atoms with van der Waals surface area (Å²) in [4.78, 5) is 26.5. The summed E-state index contributed by atoms with van der Waals surface area (Å²) in [6, 6.07) is 13.4. The summed E-state index contributed by atoms with van der Waals surface area (Å²) < 4.78 is 1.88. The van der Waals surface area contributed by atoms with Crippen molar-refractivity contribution in [3.8, 4) is 6.07 Å². The molecule has 3 N–H and O–H groups in total. The first-order valence-electron chi connectivity index (χ1n) is 11.3. The molecule has 0 fully saturated rings. The normalized spacial score (nSPS) is 11.1. The number of hydrogen-bond donors (Lipinski definition) is 2. The number of rotatable bonds is 5. The topological polar surface area (TPSA) is 123 Å². The Balaban J connectivity index is 1.51. The predicted molar refractivity (Wildman–Crippen MR) is 140 cm³/mol. The highest BCUT2D eigenvalue weighted by Crippen LogP contribution is 2.26.